The minimum absolute atomic E-state index is 0. The van der Waals surface area contributed by atoms with E-state index in [4.69, 9.17) is 24.5 Å². The number of aryl methyl sites for hydroxylation is 1. The number of anilines is 3. The van der Waals surface area contributed by atoms with Crippen molar-refractivity contribution in [2.45, 2.75) is 33.9 Å². The van der Waals surface area contributed by atoms with E-state index in [1.807, 2.05) is 37.6 Å². The van der Waals surface area contributed by atoms with Gasteiger partial charge in [-0.1, -0.05) is 0 Å². The summed E-state index contributed by atoms with van der Waals surface area (Å²) in [6.45, 7) is 12.4. The monoisotopic (exact) mass is 512 g/mol. The summed E-state index contributed by atoms with van der Waals surface area (Å²) < 4.78 is 13.2. The molecular weight excluding hydrogens is 479 g/mol. The summed E-state index contributed by atoms with van der Waals surface area (Å²) in [7, 11) is 0. The Morgan fingerprint density at radius 2 is 1.85 bits per heavy atom. The number of hydrogen-bond acceptors (Lipinski definition) is 9. The van der Waals surface area contributed by atoms with E-state index in [0.29, 0.717) is 44.7 Å². The van der Waals surface area contributed by atoms with Crippen LogP contribution >= 0.6 is 24.8 Å². The zero-order valence-corrected chi connectivity index (χ0v) is 21.5. The van der Waals surface area contributed by atoms with Gasteiger partial charge in [0.2, 0.25) is 5.95 Å². The Balaban J connectivity index is 0.00000204. The number of piperazine rings is 1. The molecule has 1 aliphatic rings. The largest absolute Gasteiger partial charge is 0.380 e. The molecule has 3 aromatic heterocycles. The number of pyridine rings is 1. The highest BCUT2D eigenvalue weighted by molar-refractivity contribution is 5.90. The van der Waals surface area contributed by atoms with Crippen molar-refractivity contribution < 1.29 is 9.47 Å². The smallest absolute Gasteiger partial charge is 0.228 e. The van der Waals surface area contributed by atoms with Crippen LogP contribution in [0.1, 0.15) is 25.1 Å². The normalized spacial score (nSPS) is 13.4. The van der Waals surface area contributed by atoms with Crippen LogP contribution in [0, 0.1) is 6.92 Å². The van der Waals surface area contributed by atoms with Crippen LogP contribution in [0.15, 0.2) is 18.3 Å². The third kappa shape index (κ3) is 6.67. The standard InChI is InChI=1S/C22H32N8O2.2ClH/c1-4-31-13-12-30-20-19(17(28-30)15-32-5-2)26-22(29-10-8-23-9-11-29)27-21(20)25-18-14-16(3)6-7-24-18;;/h6-7,14,23H,4-5,8-13,15H2,1-3H3,(H,24,25,26,27);2*1H. The number of aromatic nitrogens is 5. The van der Waals surface area contributed by atoms with E-state index >= 15 is 0 Å². The molecular formula is C22H34Cl2N8O2. The molecule has 0 aromatic carbocycles. The van der Waals surface area contributed by atoms with Crippen molar-refractivity contribution >= 4 is 53.4 Å². The second-order valence-electron chi connectivity index (χ2n) is 7.65. The molecule has 0 unspecified atom stereocenters. The van der Waals surface area contributed by atoms with Crippen LogP contribution < -0.4 is 15.5 Å². The van der Waals surface area contributed by atoms with Gasteiger partial charge in [0.1, 0.15) is 22.5 Å². The summed E-state index contributed by atoms with van der Waals surface area (Å²) in [6, 6.07) is 3.97. The molecule has 1 fully saturated rings. The molecule has 0 radical (unpaired) electrons. The summed E-state index contributed by atoms with van der Waals surface area (Å²) in [5.41, 5.74) is 3.56. The number of nitrogens with one attached hydrogen (secondary N) is 2. The van der Waals surface area contributed by atoms with Crippen LogP contribution in [-0.2, 0) is 22.6 Å². The Bertz CT molecular complexity index is 1040. The van der Waals surface area contributed by atoms with E-state index in [-0.39, 0.29) is 24.8 Å². The molecule has 0 bridgehead atoms. The van der Waals surface area contributed by atoms with Gasteiger partial charge in [-0.3, -0.25) is 4.68 Å². The first-order chi connectivity index (χ1) is 15.7. The van der Waals surface area contributed by atoms with Crippen molar-refractivity contribution in [3.05, 3.63) is 29.6 Å². The van der Waals surface area contributed by atoms with Gasteiger partial charge in [0.15, 0.2) is 5.82 Å². The second kappa shape index (κ2) is 13.6. The minimum Gasteiger partial charge on any atom is -0.380 e. The fourth-order valence-electron chi connectivity index (χ4n) is 3.70. The van der Waals surface area contributed by atoms with Crippen molar-refractivity contribution in [3.8, 4) is 0 Å². The maximum atomic E-state index is 5.70. The summed E-state index contributed by atoms with van der Waals surface area (Å²) >= 11 is 0. The lowest BCUT2D eigenvalue weighted by molar-refractivity contribution is 0.128. The Labute approximate surface area is 212 Å². The summed E-state index contributed by atoms with van der Waals surface area (Å²) in [5, 5.41) is 11.6. The van der Waals surface area contributed by atoms with E-state index in [0.717, 1.165) is 54.3 Å². The van der Waals surface area contributed by atoms with Gasteiger partial charge in [0, 0.05) is 45.6 Å². The first-order valence-electron chi connectivity index (χ1n) is 11.3. The van der Waals surface area contributed by atoms with Crippen LogP contribution in [0.4, 0.5) is 17.6 Å². The molecule has 2 N–H and O–H groups in total. The number of ether oxygens (including phenoxy) is 2. The molecule has 34 heavy (non-hydrogen) atoms. The summed E-state index contributed by atoms with van der Waals surface area (Å²) in [6.07, 6.45) is 1.79. The number of halogens is 2. The molecule has 0 atom stereocenters. The summed E-state index contributed by atoms with van der Waals surface area (Å²) in [4.78, 5) is 16.5. The van der Waals surface area contributed by atoms with Crippen LogP contribution in [0.3, 0.4) is 0 Å². The quantitative estimate of drug-likeness (QED) is 0.396. The predicted molar refractivity (Wildman–Crippen MR) is 139 cm³/mol. The maximum Gasteiger partial charge on any atom is 0.228 e. The Morgan fingerprint density at radius 1 is 1.09 bits per heavy atom. The van der Waals surface area contributed by atoms with Crippen molar-refractivity contribution in [3.63, 3.8) is 0 Å². The van der Waals surface area contributed by atoms with Gasteiger partial charge >= 0.3 is 0 Å². The lowest BCUT2D eigenvalue weighted by atomic mass is 10.3. The predicted octanol–water partition coefficient (Wildman–Crippen LogP) is 3.10. The molecule has 4 rings (SSSR count). The topological polar surface area (TPSA) is 102 Å². The van der Waals surface area contributed by atoms with Gasteiger partial charge in [0.05, 0.1) is 19.8 Å². The lowest BCUT2D eigenvalue weighted by Crippen LogP contribution is -2.44. The first kappa shape index (κ1) is 28.0. The number of rotatable bonds is 10. The highest BCUT2D eigenvalue weighted by Crippen LogP contribution is 2.29. The summed E-state index contributed by atoms with van der Waals surface area (Å²) in [5.74, 6) is 2.12. The highest BCUT2D eigenvalue weighted by atomic mass is 35.5. The highest BCUT2D eigenvalue weighted by Gasteiger charge is 2.22. The van der Waals surface area contributed by atoms with Gasteiger partial charge in [-0.05, 0) is 38.5 Å². The van der Waals surface area contributed by atoms with Crippen LogP contribution in [0.5, 0.6) is 0 Å². The first-order valence-corrected chi connectivity index (χ1v) is 11.3. The lowest BCUT2D eigenvalue weighted by Gasteiger charge is -2.27. The zero-order valence-electron chi connectivity index (χ0n) is 19.9. The average molecular weight is 513 g/mol. The van der Waals surface area contributed by atoms with Crippen molar-refractivity contribution in [2.24, 2.45) is 0 Å². The molecule has 10 nitrogen and oxygen atoms in total. The van der Waals surface area contributed by atoms with Crippen LogP contribution in [-0.4, -0.2) is 70.7 Å². The molecule has 4 heterocycles. The van der Waals surface area contributed by atoms with E-state index in [1.54, 1.807) is 6.20 Å². The average Bonchev–Trinajstić information content (AvgIpc) is 3.16. The van der Waals surface area contributed by atoms with E-state index in [1.165, 1.54) is 0 Å². The van der Waals surface area contributed by atoms with E-state index in [2.05, 4.69) is 20.5 Å². The number of hydrogen-bond donors (Lipinski definition) is 2. The maximum absolute atomic E-state index is 5.70. The van der Waals surface area contributed by atoms with Crippen LogP contribution in [0.25, 0.3) is 11.0 Å². The molecule has 1 saturated heterocycles. The zero-order chi connectivity index (χ0) is 22.3. The third-order valence-electron chi connectivity index (χ3n) is 5.30. The van der Waals surface area contributed by atoms with Crippen molar-refractivity contribution in [1.82, 2.24) is 30.0 Å². The Kier molecular flexibility index (Phi) is 11.2. The van der Waals surface area contributed by atoms with Gasteiger partial charge in [-0.15, -0.1) is 24.8 Å². The SMILES string of the molecule is CCOCCn1nc(COCC)c2nc(N3CCNCC3)nc(Nc3cc(C)ccn3)c21.Cl.Cl. The van der Waals surface area contributed by atoms with E-state index < -0.39 is 0 Å². The molecule has 3 aromatic rings. The molecule has 0 amide bonds. The van der Waals surface area contributed by atoms with Crippen molar-refractivity contribution in [2.75, 3.05) is 56.2 Å². The Hall–Kier alpha value is -2.24. The van der Waals surface area contributed by atoms with E-state index in [9.17, 15) is 0 Å². The molecule has 0 spiro atoms. The van der Waals surface area contributed by atoms with Gasteiger partial charge in [0.25, 0.3) is 0 Å². The van der Waals surface area contributed by atoms with Gasteiger partial charge in [-0.2, -0.15) is 10.1 Å². The molecule has 0 aliphatic carbocycles. The minimum atomic E-state index is 0. The number of nitrogens with zero attached hydrogens (tertiary/aromatic N) is 6. The molecule has 1 aliphatic heterocycles. The van der Waals surface area contributed by atoms with Gasteiger partial charge < -0.3 is 25.0 Å². The number of fused-ring (bicyclic) bond motifs is 1. The van der Waals surface area contributed by atoms with Crippen molar-refractivity contribution in [1.29, 1.82) is 0 Å². The molecule has 188 valence electrons. The third-order valence-corrected chi connectivity index (χ3v) is 5.30. The second-order valence-corrected chi connectivity index (χ2v) is 7.65. The molecule has 0 saturated carbocycles. The Morgan fingerprint density at radius 3 is 2.56 bits per heavy atom. The van der Waals surface area contributed by atoms with Gasteiger partial charge in [-0.25, -0.2) is 9.97 Å². The fraction of sp³-hybridized carbons (Fsp3) is 0.545. The van der Waals surface area contributed by atoms with Crippen LogP contribution in [0.2, 0.25) is 0 Å². The molecule has 12 heteroatoms. The fourth-order valence-corrected chi connectivity index (χ4v) is 3.70.